The molecule has 0 aromatic carbocycles. The van der Waals surface area contributed by atoms with Crippen LogP contribution in [0.2, 0.25) is 0 Å². The number of aliphatic hydroxyl groups is 1. The summed E-state index contributed by atoms with van der Waals surface area (Å²) in [5.41, 5.74) is 0.0115. The number of unbranched alkanes of at least 4 members (excludes halogenated alkanes) is 2. The summed E-state index contributed by atoms with van der Waals surface area (Å²) in [6, 6.07) is 0. The summed E-state index contributed by atoms with van der Waals surface area (Å²) in [7, 11) is 1.72. The van der Waals surface area contributed by atoms with Crippen molar-refractivity contribution in [1.29, 1.82) is 0 Å². The van der Waals surface area contributed by atoms with Crippen molar-refractivity contribution in [2.75, 3.05) is 0 Å². The summed E-state index contributed by atoms with van der Waals surface area (Å²) in [5, 5.41) is 9.18. The molecule has 0 bridgehead atoms. The summed E-state index contributed by atoms with van der Waals surface area (Å²) in [4.78, 5) is 30.0. The fourth-order valence-corrected chi connectivity index (χ4v) is 2.29. The highest BCUT2D eigenvalue weighted by molar-refractivity contribution is 5.69. The van der Waals surface area contributed by atoms with Gasteiger partial charge in [0.1, 0.15) is 0 Å². The molecule has 2 aromatic rings. The largest absolute Gasteiger partial charge is 0.393 e. The van der Waals surface area contributed by atoms with E-state index >= 15 is 0 Å². The Morgan fingerprint density at radius 3 is 2.80 bits per heavy atom. The Morgan fingerprint density at radius 2 is 2.10 bits per heavy atom. The lowest BCUT2D eigenvalue weighted by Gasteiger charge is -2.07. The zero-order valence-corrected chi connectivity index (χ0v) is 11.8. The average molecular weight is 280 g/mol. The number of hydrogen-bond donors (Lipinski definition) is 2. The number of nitrogens with one attached hydrogen (secondary N) is 1. The van der Waals surface area contributed by atoms with E-state index in [4.69, 9.17) is 0 Å². The summed E-state index contributed by atoms with van der Waals surface area (Å²) >= 11 is 0. The van der Waals surface area contributed by atoms with E-state index in [2.05, 4.69) is 9.97 Å². The Morgan fingerprint density at radius 1 is 1.35 bits per heavy atom. The number of fused-ring (bicyclic) bond motifs is 1. The molecule has 7 heteroatoms. The van der Waals surface area contributed by atoms with Crippen molar-refractivity contribution in [2.45, 2.75) is 45.3 Å². The Hall–Kier alpha value is -1.89. The van der Waals surface area contributed by atoms with Crippen LogP contribution in [-0.4, -0.2) is 30.3 Å². The van der Waals surface area contributed by atoms with Gasteiger partial charge in [-0.25, -0.2) is 9.78 Å². The van der Waals surface area contributed by atoms with Gasteiger partial charge in [0.05, 0.1) is 12.4 Å². The quantitative estimate of drug-likeness (QED) is 0.747. The molecule has 0 unspecified atom stereocenters. The van der Waals surface area contributed by atoms with E-state index in [-0.39, 0.29) is 6.10 Å². The molecule has 0 fully saturated rings. The van der Waals surface area contributed by atoms with Crippen LogP contribution in [-0.2, 0) is 13.6 Å². The minimum absolute atomic E-state index is 0.284. The molecule has 0 aliphatic heterocycles. The number of hydrogen-bond acceptors (Lipinski definition) is 4. The molecule has 0 saturated heterocycles. The van der Waals surface area contributed by atoms with Gasteiger partial charge in [-0.2, -0.15) is 0 Å². The van der Waals surface area contributed by atoms with Gasteiger partial charge in [-0.05, 0) is 19.8 Å². The predicted molar refractivity (Wildman–Crippen MR) is 75.7 cm³/mol. The van der Waals surface area contributed by atoms with Crippen molar-refractivity contribution in [3.63, 3.8) is 0 Å². The van der Waals surface area contributed by atoms with Gasteiger partial charge in [-0.1, -0.05) is 12.8 Å². The standard InChI is InChI=1S/C13H20N4O3/c1-9(18)6-4-3-5-7-17-11-10(16(2)8-14-11)12(19)15-13(17)20/h8-9,18H,3-7H2,1-2H3,(H,15,19,20)/t9-/m1/s1. The third-order valence-corrected chi connectivity index (χ3v) is 3.36. The molecule has 110 valence electrons. The van der Waals surface area contributed by atoms with Crippen LogP contribution in [0.3, 0.4) is 0 Å². The monoisotopic (exact) mass is 280 g/mol. The Balaban J connectivity index is 2.14. The molecule has 2 aromatic heterocycles. The molecular formula is C13H20N4O3. The molecule has 1 atom stereocenters. The van der Waals surface area contributed by atoms with Crippen LogP contribution in [0.1, 0.15) is 32.6 Å². The van der Waals surface area contributed by atoms with Crippen LogP contribution in [0.25, 0.3) is 11.2 Å². The van der Waals surface area contributed by atoms with E-state index < -0.39 is 11.2 Å². The van der Waals surface area contributed by atoms with Crippen molar-refractivity contribution < 1.29 is 5.11 Å². The first-order chi connectivity index (χ1) is 9.50. The molecular weight excluding hydrogens is 260 g/mol. The SMILES string of the molecule is C[C@@H](O)CCCCCn1c(=O)[nH]c(=O)c2c1ncn2C. The molecule has 7 nitrogen and oxygen atoms in total. The summed E-state index contributed by atoms with van der Waals surface area (Å²) in [6.07, 6.45) is 4.66. The highest BCUT2D eigenvalue weighted by Gasteiger charge is 2.11. The maximum atomic E-state index is 11.9. The maximum Gasteiger partial charge on any atom is 0.330 e. The van der Waals surface area contributed by atoms with Crippen molar-refractivity contribution in [1.82, 2.24) is 19.1 Å². The molecule has 0 amide bonds. The zero-order chi connectivity index (χ0) is 14.7. The number of rotatable bonds is 6. The minimum atomic E-state index is -0.420. The van der Waals surface area contributed by atoms with Crippen molar-refractivity contribution >= 4 is 11.2 Å². The van der Waals surface area contributed by atoms with E-state index in [9.17, 15) is 14.7 Å². The lowest BCUT2D eigenvalue weighted by Crippen LogP contribution is -2.31. The first kappa shape index (κ1) is 14.5. The van der Waals surface area contributed by atoms with Gasteiger partial charge in [0.2, 0.25) is 0 Å². The number of aliphatic hydroxyl groups excluding tert-OH is 1. The van der Waals surface area contributed by atoms with E-state index in [1.54, 1.807) is 18.5 Å². The van der Waals surface area contributed by atoms with Crippen LogP contribution < -0.4 is 11.2 Å². The topological polar surface area (TPSA) is 92.9 Å². The van der Waals surface area contributed by atoms with E-state index in [1.165, 1.54) is 10.9 Å². The molecule has 0 saturated carbocycles. The molecule has 2 heterocycles. The van der Waals surface area contributed by atoms with Gasteiger partial charge >= 0.3 is 5.69 Å². The molecule has 0 aliphatic carbocycles. The number of H-pyrrole nitrogens is 1. The highest BCUT2D eigenvalue weighted by Crippen LogP contribution is 2.07. The molecule has 0 aliphatic rings. The fourth-order valence-electron chi connectivity index (χ4n) is 2.29. The highest BCUT2D eigenvalue weighted by atomic mass is 16.3. The predicted octanol–water partition coefficient (Wildman–Crippen LogP) is 0.364. The number of nitrogens with zero attached hydrogens (tertiary/aromatic N) is 3. The van der Waals surface area contributed by atoms with Gasteiger partial charge in [-0.15, -0.1) is 0 Å². The number of imidazole rings is 1. The van der Waals surface area contributed by atoms with E-state index in [1.807, 2.05) is 0 Å². The second kappa shape index (κ2) is 6.04. The third-order valence-electron chi connectivity index (χ3n) is 3.36. The normalized spacial score (nSPS) is 12.9. The van der Waals surface area contributed by atoms with Crippen LogP contribution in [0.4, 0.5) is 0 Å². The van der Waals surface area contributed by atoms with E-state index in [0.29, 0.717) is 17.7 Å². The summed E-state index contributed by atoms with van der Waals surface area (Å²) in [6.45, 7) is 2.28. The van der Waals surface area contributed by atoms with Gasteiger partial charge < -0.3 is 9.67 Å². The molecule has 20 heavy (non-hydrogen) atoms. The first-order valence-electron chi connectivity index (χ1n) is 6.83. The Labute approximate surface area is 115 Å². The smallest absolute Gasteiger partial charge is 0.330 e. The molecule has 0 radical (unpaired) electrons. The molecule has 0 spiro atoms. The van der Waals surface area contributed by atoms with Gasteiger partial charge in [0.15, 0.2) is 11.2 Å². The fraction of sp³-hybridized carbons (Fsp3) is 0.615. The number of aryl methyl sites for hydroxylation is 2. The number of aromatic amines is 1. The van der Waals surface area contributed by atoms with Gasteiger partial charge in [-0.3, -0.25) is 14.3 Å². The number of aromatic nitrogens is 4. The lowest BCUT2D eigenvalue weighted by molar-refractivity contribution is 0.180. The second-order valence-electron chi connectivity index (χ2n) is 5.14. The van der Waals surface area contributed by atoms with Crippen molar-refractivity contribution in [3.05, 3.63) is 27.2 Å². The van der Waals surface area contributed by atoms with Crippen molar-refractivity contribution in [2.24, 2.45) is 7.05 Å². The van der Waals surface area contributed by atoms with Crippen molar-refractivity contribution in [3.8, 4) is 0 Å². The second-order valence-corrected chi connectivity index (χ2v) is 5.14. The summed E-state index contributed by atoms with van der Waals surface area (Å²) in [5.74, 6) is 0. The van der Waals surface area contributed by atoms with Crippen LogP contribution in [0.15, 0.2) is 15.9 Å². The zero-order valence-electron chi connectivity index (χ0n) is 11.8. The maximum absolute atomic E-state index is 11.9. The lowest BCUT2D eigenvalue weighted by atomic mass is 10.1. The first-order valence-corrected chi connectivity index (χ1v) is 6.83. The summed E-state index contributed by atoms with van der Waals surface area (Å²) < 4.78 is 3.11. The Kier molecular flexibility index (Phi) is 4.39. The average Bonchev–Trinajstić information content (AvgIpc) is 2.74. The van der Waals surface area contributed by atoms with Crippen LogP contribution in [0, 0.1) is 0 Å². The Bertz CT molecular complexity index is 696. The third kappa shape index (κ3) is 2.98. The van der Waals surface area contributed by atoms with Gasteiger partial charge in [0, 0.05) is 13.6 Å². The van der Waals surface area contributed by atoms with E-state index in [0.717, 1.165) is 25.7 Å². The minimum Gasteiger partial charge on any atom is -0.393 e. The molecule has 2 N–H and O–H groups in total. The van der Waals surface area contributed by atoms with Crippen LogP contribution in [0.5, 0.6) is 0 Å². The van der Waals surface area contributed by atoms with Gasteiger partial charge in [0.25, 0.3) is 5.56 Å². The molecule has 2 rings (SSSR count). The van der Waals surface area contributed by atoms with Crippen LogP contribution >= 0.6 is 0 Å².